The van der Waals surface area contributed by atoms with Gasteiger partial charge in [0.15, 0.2) is 5.75 Å². The van der Waals surface area contributed by atoms with Gasteiger partial charge in [-0.1, -0.05) is 6.92 Å². The van der Waals surface area contributed by atoms with Crippen molar-refractivity contribution in [1.29, 1.82) is 0 Å². The summed E-state index contributed by atoms with van der Waals surface area (Å²) in [6.07, 6.45) is 4.05. The largest absolute Gasteiger partial charge is 0.493 e. The zero-order valence-electron chi connectivity index (χ0n) is 12.2. The molecule has 2 heterocycles. The van der Waals surface area contributed by atoms with Crippen LogP contribution in [0.1, 0.15) is 38.4 Å². The highest BCUT2D eigenvalue weighted by molar-refractivity contribution is 5.28. The van der Waals surface area contributed by atoms with Crippen LogP contribution in [0.15, 0.2) is 6.20 Å². The second kappa shape index (κ2) is 6.91. The summed E-state index contributed by atoms with van der Waals surface area (Å²) in [4.78, 5) is 0. The first kappa shape index (κ1) is 14.3. The maximum atomic E-state index is 5.49. The Morgan fingerprint density at radius 3 is 3.00 bits per heavy atom. The molecule has 5 nitrogen and oxygen atoms in total. The molecule has 0 bridgehead atoms. The molecule has 1 aromatic heterocycles. The smallest absolute Gasteiger partial charge is 0.161 e. The second-order valence-electron chi connectivity index (χ2n) is 4.99. The summed E-state index contributed by atoms with van der Waals surface area (Å²) in [6, 6.07) is 0.286. The van der Waals surface area contributed by atoms with Gasteiger partial charge in [-0.3, -0.25) is 4.68 Å². The highest BCUT2D eigenvalue weighted by Crippen LogP contribution is 2.31. The van der Waals surface area contributed by atoms with Crippen molar-refractivity contribution in [3.8, 4) is 5.75 Å². The number of aryl methyl sites for hydroxylation is 1. The maximum absolute atomic E-state index is 5.49. The van der Waals surface area contributed by atoms with Crippen molar-refractivity contribution < 1.29 is 9.47 Å². The third kappa shape index (κ3) is 3.28. The first-order valence-electron chi connectivity index (χ1n) is 7.20. The molecule has 1 aliphatic rings. The van der Waals surface area contributed by atoms with Crippen LogP contribution >= 0.6 is 0 Å². The minimum absolute atomic E-state index is 0.286. The molecule has 2 unspecified atom stereocenters. The van der Waals surface area contributed by atoms with Gasteiger partial charge >= 0.3 is 0 Å². The molecule has 108 valence electrons. The molecule has 1 aliphatic heterocycles. The van der Waals surface area contributed by atoms with Gasteiger partial charge in [0.2, 0.25) is 0 Å². The van der Waals surface area contributed by atoms with E-state index in [1.165, 1.54) is 5.69 Å². The van der Waals surface area contributed by atoms with E-state index in [2.05, 4.69) is 24.3 Å². The lowest BCUT2D eigenvalue weighted by Crippen LogP contribution is -2.26. The minimum Gasteiger partial charge on any atom is -0.493 e. The quantitative estimate of drug-likeness (QED) is 0.821. The molecule has 1 N–H and O–H groups in total. The van der Waals surface area contributed by atoms with Gasteiger partial charge in [0.25, 0.3) is 0 Å². The fourth-order valence-corrected chi connectivity index (χ4v) is 2.78. The highest BCUT2D eigenvalue weighted by Gasteiger charge is 2.26. The minimum atomic E-state index is 0.286. The number of nitrogens with one attached hydrogen (secondary N) is 1. The predicted octanol–water partition coefficient (Wildman–Crippen LogP) is 1.99. The van der Waals surface area contributed by atoms with E-state index in [1.54, 1.807) is 7.11 Å². The standard InChI is InChI=1S/C14H25N3O2/c1-4-15-12(8-11-6-7-19-10-11)14-13(18-3)9-16-17(14)5-2/h9,11-12,15H,4-8,10H2,1-3H3. The highest BCUT2D eigenvalue weighted by atomic mass is 16.5. The van der Waals surface area contributed by atoms with Crippen molar-refractivity contribution >= 4 is 0 Å². The molecule has 19 heavy (non-hydrogen) atoms. The molecular weight excluding hydrogens is 242 g/mol. The van der Waals surface area contributed by atoms with Gasteiger partial charge in [-0.25, -0.2) is 0 Å². The molecule has 0 aliphatic carbocycles. The zero-order valence-corrected chi connectivity index (χ0v) is 12.2. The zero-order chi connectivity index (χ0) is 13.7. The summed E-state index contributed by atoms with van der Waals surface area (Å²) in [5.41, 5.74) is 1.17. The third-order valence-electron chi connectivity index (χ3n) is 3.74. The summed E-state index contributed by atoms with van der Waals surface area (Å²) in [5, 5.41) is 7.97. The van der Waals surface area contributed by atoms with E-state index < -0.39 is 0 Å². The molecule has 0 spiro atoms. The monoisotopic (exact) mass is 267 g/mol. The number of hydrogen-bond donors (Lipinski definition) is 1. The molecule has 0 saturated carbocycles. The average Bonchev–Trinajstić information content (AvgIpc) is 3.06. The maximum Gasteiger partial charge on any atom is 0.161 e. The third-order valence-corrected chi connectivity index (χ3v) is 3.74. The van der Waals surface area contributed by atoms with E-state index in [-0.39, 0.29) is 6.04 Å². The Bertz CT molecular complexity index is 365. The number of hydrogen-bond acceptors (Lipinski definition) is 4. The lowest BCUT2D eigenvalue weighted by molar-refractivity contribution is 0.181. The van der Waals surface area contributed by atoms with Gasteiger partial charge in [0, 0.05) is 19.8 Å². The van der Waals surface area contributed by atoms with Crippen LogP contribution in [-0.4, -0.2) is 36.6 Å². The van der Waals surface area contributed by atoms with Gasteiger partial charge in [-0.15, -0.1) is 0 Å². The van der Waals surface area contributed by atoms with Crippen molar-refractivity contribution in [2.24, 2.45) is 5.92 Å². The van der Waals surface area contributed by atoms with E-state index in [9.17, 15) is 0 Å². The summed E-state index contributed by atoms with van der Waals surface area (Å²) in [5.74, 6) is 1.51. The number of methoxy groups -OCH3 is 1. The van der Waals surface area contributed by atoms with Crippen molar-refractivity contribution in [3.63, 3.8) is 0 Å². The van der Waals surface area contributed by atoms with Crippen LogP contribution in [0.2, 0.25) is 0 Å². The van der Waals surface area contributed by atoms with E-state index in [1.807, 2.05) is 10.9 Å². The van der Waals surface area contributed by atoms with Crippen molar-refractivity contribution in [2.45, 2.75) is 39.3 Å². The first-order valence-corrected chi connectivity index (χ1v) is 7.20. The fraction of sp³-hybridized carbons (Fsp3) is 0.786. The van der Waals surface area contributed by atoms with E-state index in [0.717, 1.165) is 44.9 Å². The molecule has 1 aromatic rings. The van der Waals surface area contributed by atoms with E-state index >= 15 is 0 Å². The SMILES string of the molecule is CCNC(CC1CCOC1)c1c(OC)cnn1CC. The number of aromatic nitrogens is 2. The van der Waals surface area contributed by atoms with Crippen LogP contribution in [-0.2, 0) is 11.3 Å². The molecule has 2 rings (SSSR count). The van der Waals surface area contributed by atoms with Gasteiger partial charge in [-0.2, -0.15) is 5.10 Å². The van der Waals surface area contributed by atoms with E-state index in [4.69, 9.17) is 9.47 Å². The Morgan fingerprint density at radius 1 is 1.58 bits per heavy atom. The molecule has 5 heteroatoms. The number of rotatable bonds is 7. The van der Waals surface area contributed by atoms with Gasteiger partial charge < -0.3 is 14.8 Å². The topological polar surface area (TPSA) is 48.3 Å². The second-order valence-corrected chi connectivity index (χ2v) is 4.99. The van der Waals surface area contributed by atoms with Crippen molar-refractivity contribution in [2.75, 3.05) is 26.9 Å². The van der Waals surface area contributed by atoms with Crippen LogP contribution in [0.3, 0.4) is 0 Å². The molecule has 1 fully saturated rings. The van der Waals surface area contributed by atoms with Crippen LogP contribution in [0.25, 0.3) is 0 Å². The Morgan fingerprint density at radius 2 is 2.42 bits per heavy atom. The Kier molecular flexibility index (Phi) is 5.22. The molecular formula is C14H25N3O2. The van der Waals surface area contributed by atoms with E-state index in [0.29, 0.717) is 5.92 Å². The Balaban J connectivity index is 2.18. The van der Waals surface area contributed by atoms with Crippen molar-refractivity contribution in [1.82, 2.24) is 15.1 Å². The summed E-state index contributed by atoms with van der Waals surface area (Å²) >= 11 is 0. The number of ether oxygens (including phenoxy) is 2. The molecule has 0 radical (unpaired) electrons. The van der Waals surface area contributed by atoms with Crippen LogP contribution in [0, 0.1) is 5.92 Å². The normalized spacial score (nSPS) is 20.7. The van der Waals surface area contributed by atoms with Crippen molar-refractivity contribution in [3.05, 3.63) is 11.9 Å². The predicted molar refractivity (Wildman–Crippen MR) is 74.4 cm³/mol. The lowest BCUT2D eigenvalue weighted by atomic mass is 9.96. The lowest BCUT2D eigenvalue weighted by Gasteiger charge is -2.22. The summed E-state index contributed by atoms with van der Waals surface area (Å²) in [6.45, 7) is 7.82. The van der Waals surface area contributed by atoms with Gasteiger partial charge in [0.05, 0.1) is 25.0 Å². The fourth-order valence-electron chi connectivity index (χ4n) is 2.78. The van der Waals surface area contributed by atoms with Gasteiger partial charge in [-0.05, 0) is 32.2 Å². The van der Waals surface area contributed by atoms with Crippen LogP contribution < -0.4 is 10.1 Å². The molecule has 1 saturated heterocycles. The molecule has 0 aromatic carbocycles. The average molecular weight is 267 g/mol. The number of nitrogens with zero attached hydrogens (tertiary/aromatic N) is 2. The molecule has 2 atom stereocenters. The first-order chi connectivity index (χ1) is 9.30. The summed E-state index contributed by atoms with van der Waals surface area (Å²) < 4.78 is 13.0. The Hall–Kier alpha value is -1.07. The van der Waals surface area contributed by atoms with Crippen LogP contribution in [0.5, 0.6) is 5.75 Å². The molecule has 0 amide bonds. The van der Waals surface area contributed by atoms with Gasteiger partial charge in [0.1, 0.15) is 0 Å². The summed E-state index contributed by atoms with van der Waals surface area (Å²) in [7, 11) is 1.71. The van der Waals surface area contributed by atoms with Crippen LogP contribution in [0.4, 0.5) is 0 Å². The Labute approximate surface area is 115 Å².